The highest BCUT2D eigenvalue weighted by Gasteiger charge is 2.33. The van der Waals surface area contributed by atoms with Crippen molar-refractivity contribution < 1.29 is 17.9 Å². The van der Waals surface area contributed by atoms with Gasteiger partial charge in [0.1, 0.15) is 11.4 Å². The van der Waals surface area contributed by atoms with E-state index in [4.69, 9.17) is 4.74 Å². The summed E-state index contributed by atoms with van der Waals surface area (Å²) in [4.78, 5) is 14.5. The second-order valence-corrected chi connectivity index (χ2v) is 9.57. The first-order valence-corrected chi connectivity index (χ1v) is 11.3. The molecule has 0 aliphatic carbocycles. The van der Waals surface area contributed by atoms with Crippen LogP contribution >= 0.6 is 0 Å². The van der Waals surface area contributed by atoms with Crippen LogP contribution in [0.4, 0.5) is 0 Å². The Morgan fingerprint density at radius 2 is 1.86 bits per heavy atom. The minimum absolute atomic E-state index is 0.0192. The Morgan fingerprint density at radius 1 is 1.10 bits per heavy atom. The molecule has 3 heterocycles. The van der Waals surface area contributed by atoms with Crippen LogP contribution in [0.5, 0.6) is 5.75 Å². The van der Waals surface area contributed by atoms with Crippen LogP contribution in [0.1, 0.15) is 41.4 Å². The van der Waals surface area contributed by atoms with Gasteiger partial charge in [0.05, 0.1) is 17.7 Å². The van der Waals surface area contributed by atoms with E-state index in [2.05, 4.69) is 5.10 Å². The lowest BCUT2D eigenvalue weighted by atomic mass is 9.96. The fraction of sp³-hybridized carbons (Fsp3) is 0.500. The Balaban J connectivity index is 1.56. The standard InChI is InChI=1S/C20H26N4O4S/c1-22-10-4-12-24-19(20(22)25)13-18(21-24)15-5-3-11-23(14-15)29(26,27)17-8-6-16(28-2)7-9-17/h6-9,13,15H,3-5,10-12,14H2,1-2H3. The SMILES string of the molecule is COc1ccc(S(=O)(=O)N2CCCC(c3cc4n(n3)CCCN(C)C4=O)C2)cc1. The largest absolute Gasteiger partial charge is 0.497 e. The molecule has 9 heteroatoms. The van der Waals surface area contributed by atoms with E-state index in [0.717, 1.165) is 31.5 Å². The van der Waals surface area contributed by atoms with Crippen molar-refractivity contribution in [2.24, 2.45) is 0 Å². The molecule has 1 fully saturated rings. The summed E-state index contributed by atoms with van der Waals surface area (Å²) in [5.74, 6) is 0.573. The molecule has 0 N–H and O–H groups in total. The molecule has 2 aliphatic heterocycles. The molecule has 1 aromatic heterocycles. The lowest BCUT2D eigenvalue weighted by Crippen LogP contribution is -2.39. The molecule has 2 aromatic rings. The molecule has 1 aromatic carbocycles. The molecule has 4 rings (SSSR count). The van der Waals surface area contributed by atoms with E-state index >= 15 is 0 Å². The van der Waals surface area contributed by atoms with Gasteiger partial charge in [0, 0.05) is 39.1 Å². The quantitative estimate of drug-likeness (QED) is 0.758. The van der Waals surface area contributed by atoms with Crippen LogP contribution in [0.2, 0.25) is 0 Å². The number of aryl methyl sites for hydroxylation is 1. The van der Waals surface area contributed by atoms with Crippen molar-refractivity contribution in [3.8, 4) is 5.75 Å². The number of amides is 1. The van der Waals surface area contributed by atoms with Crippen molar-refractivity contribution in [1.29, 1.82) is 0 Å². The van der Waals surface area contributed by atoms with Crippen molar-refractivity contribution in [3.63, 3.8) is 0 Å². The average molecular weight is 419 g/mol. The molecule has 1 atom stereocenters. The number of carbonyl (C=O) groups is 1. The van der Waals surface area contributed by atoms with Crippen LogP contribution in [0.15, 0.2) is 35.2 Å². The highest BCUT2D eigenvalue weighted by molar-refractivity contribution is 7.89. The van der Waals surface area contributed by atoms with Crippen LogP contribution in [-0.4, -0.2) is 67.1 Å². The summed E-state index contributed by atoms with van der Waals surface area (Å²) in [5.41, 5.74) is 1.40. The number of nitrogens with zero attached hydrogens (tertiary/aromatic N) is 4. The molecule has 8 nitrogen and oxygen atoms in total. The van der Waals surface area contributed by atoms with E-state index in [9.17, 15) is 13.2 Å². The highest BCUT2D eigenvalue weighted by Crippen LogP contribution is 2.31. The molecule has 0 saturated carbocycles. The van der Waals surface area contributed by atoms with Gasteiger partial charge in [-0.25, -0.2) is 8.42 Å². The fourth-order valence-corrected chi connectivity index (χ4v) is 5.56. The van der Waals surface area contributed by atoms with E-state index in [0.29, 0.717) is 31.1 Å². The molecule has 29 heavy (non-hydrogen) atoms. The Hall–Kier alpha value is -2.39. The van der Waals surface area contributed by atoms with Gasteiger partial charge in [0.15, 0.2) is 0 Å². The maximum Gasteiger partial charge on any atom is 0.271 e. The van der Waals surface area contributed by atoms with E-state index in [1.165, 1.54) is 4.31 Å². The third-order valence-electron chi connectivity index (χ3n) is 5.73. The number of fused-ring (bicyclic) bond motifs is 1. The van der Waals surface area contributed by atoms with E-state index in [1.54, 1.807) is 48.0 Å². The molecule has 0 bridgehead atoms. The Morgan fingerprint density at radius 3 is 2.59 bits per heavy atom. The molecule has 0 radical (unpaired) electrons. The highest BCUT2D eigenvalue weighted by atomic mass is 32.2. The number of carbonyl (C=O) groups excluding carboxylic acids is 1. The monoisotopic (exact) mass is 418 g/mol. The summed E-state index contributed by atoms with van der Waals surface area (Å²) in [6.45, 7) is 2.27. The first-order chi connectivity index (χ1) is 13.9. The minimum Gasteiger partial charge on any atom is -0.497 e. The second-order valence-electron chi connectivity index (χ2n) is 7.64. The van der Waals surface area contributed by atoms with Gasteiger partial charge >= 0.3 is 0 Å². The molecule has 1 unspecified atom stereocenters. The zero-order chi connectivity index (χ0) is 20.6. The average Bonchev–Trinajstić information content (AvgIpc) is 3.12. The number of hydrogen-bond donors (Lipinski definition) is 0. The Kier molecular flexibility index (Phi) is 5.35. The van der Waals surface area contributed by atoms with Crippen molar-refractivity contribution in [3.05, 3.63) is 41.7 Å². The molecular formula is C20H26N4O4S. The molecule has 0 spiro atoms. The first kappa shape index (κ1) is 19.9. The van der Waals surface area contributed by atoms with Crippen molar-refractivity contribution in [2.75, 3.05) is 33.8 Å². The topological polar surface area (TPSA) is 84.7 Å². The molecule has 1 amide bonds. The number of aromatic nitrogens is 2. The van der Waals surface area contributed by atoms with Crippen LogP contribution in [-0.2, 0) is 16.6 Å². The zero-order valence-corrected chi connectivity index (χ0v) is 17.6. The summed E-state index contributed by atoms with van der Waals surface area (Å²) in [5, 5.41) is 4.66. The zero-order valence-electron chi connectivity index (χ0n) is 16.7. The molecule has 2 aliphatic rings. The number of methoxy groups -OCH3 is 1. The number of benzene rings is 1. The predicted molar refractivity (Wildman–Crippen MR) is 108 cm³/mol. The van der Waals surface area contributed by atoms with Gasteiger partial charge in [-0.15, -0.1) is 0 Å². The minimum atomic E-state index is -3.59. The predicted octanol–water partition coefficient (Wildman–Crippen LogP) is 1.94. The van der Waals surface area contributed by atoms with Crippen molar-refractivity contribution in [1.82, 2.24) is 19.0 Å². The van der Waals surface area contributed by atoms with Gasteiger partial charge in [-0.1, -0.05) is 0 Å². The van der Waals surface area contributed by atoms with Crippen LogP contribution < -0.4 is 4.74 Å². The normalized spacial score (nSPS) is 21.0. The van der Waals surface area contributed by atoms with Gasteiger partial charge < -0.3 is 9.64 Å². The lowest BCUT2D eigenvalue weighted by molar-refractivity contribution is 0.0796. The van der Waals surface area contributed by atoms with Crippen LogP contribution in [0, 0.1) is 0 Å². The van der Waals surface area contributed by atoms with Gasteiger partial charge in [-0.2, -0.15) is 9.40 Å². The van der Waals surface area contributed by atoms with E-state index < -0.39 is 10.0 Å². The lowest BCUT2D eigenvalue weighted by Gasteiger charge is -2.31. The van der Waals surface area contributed by atoms with E-state index in [-0.39, 0.29) is 16.7 Å². The Bertz CT molecular complexity index is 1000. The number of sulfonamides is 1. The van der Waals surface area contributed by atoms with Crippen molar-refractivity contribution in [2.45, 2.75) is 36.6 Å². The van der Waals surface area contributed by atoms with Gasteiger partial charge in [-0.05, 0) is 49.6 Å². The van der Waals surface area contributed by atoms with Gasteiger partial charge in [-0.3, -0.25) is 9.48 Å². The van der Waals surface area contributed by atoms with Crippen LogP contribution in [0.3, 0.4) is 0 Å². The maximum atomic E-state index is 13.1. The maximum absolute atomic E-state index is 13.1. The van der Waals surface area contributed by atoms with Crippen molar-refractivity contribution >= 4 is 15.9 Å². The smallest absolute Gasteiger partial charge is 0.271 e. The van der Waals surface area contributed by atoms with E-state index in [1.807, 2.05) is 6.07 Å². The molecule has 156 valence electrons. The summed E-state index contributed by atoms with van der Waals surface area (Å²) in [6, 6.07) is 8.31. The van der Waals surface area contributed by atoms with Gasteiger partial charge in [0.25, 0.3) is 5.91 Å². The third kappa shape index (κ3) is 3.76. The Labute approximate surface area is 171 Å². The van der Waals surface area contributed by atoms with Gasteiger partial charge in [0.2, 0.25) is 10.0 Å². The number of hydrogen-bond acceptors (Lipinski definition) is 5. The van der Waals surface area contributed by atoms with Crippen LogP contribution in [0.25, 0.3) is 0 Å². The molecule has 1 saturated heterocycles. The summed E-state index contributed by atoms with van der Waals surface area (Å²) in [7, 11) is -0.238. The second kappa shape index (κ2) is 7.79. The number of rotatable bonds is 4. The fourth-order valence-electron chi connectivity index (χ4n) is 4.03. The summed E-state index contributed by atoms with van der Waals surface area (Å²) >= 11 is 0. The summed E-state index contributed by atoms with van der Waals surface area (Å²) in [6.07, 6.45) is 2.48. The summed E-state index contributed by atoms with van der Waals surface area (Å²) < 4.78 is 34.6. The molecular weight excluding hydrogens is 392 g/mol. The third-order valence-corrected chi connectivity index (χ3v) is 7.61. The first-order valence-electron chi connectivity index (χ1n) is 9.87. The number of ether oxygens (including phenoxy) is 1. The number of piperidine rings is 1.